The van der Waals surface area contributed by atoms with Crippen molar-refractivity contribution >= 4 is 14.6 Å². The smallest absolute Gasteiger partial charge is 0.192 e. The maximum absolute atomic E-state index is 10.5. The van der Waals surface area contributed by atoms with E-state index in [9.17, 15) is 4.79 Å². The van der Waals surface area contributed by atoms with Gasteiger partial charge in [-0.05, 0) is 29.6 Å². The van der Waals surface area contributed by atoms with E-state index < -0.39 is 8.32 Å². The molecule has 0 aromatic heterocycles. The van der Waals surface area contributed by atoms with E-state index in [4.69, 9.17) is 4.43 Å². The van der Waals surface area contributed by atoms with Gasteiger partial charge in [0.15, 0.2) is 8.32 Å². The molecule has 0 spiro atoms. The second-order valence-corrected chi connectivity index (χ2v) is 11.9. The fourth-order valence-corrected chi connectivity index (χ4v) is 2.57. The molecule has 100 valence electrons. The molecule has 0 aliphatic carbocycles. The highest BCUT2D eigenvalue weighted by molar-refractivity contribution is 6.74. The molecular weight excluding hydrogens is 228 g/mol. The molecule has 0 aromatic rings. The van der Waals surface area contributed by atoms with E-state index in [1.54, 1.807) is 6.08 Å². The Labute approximate surface area is 108 Å². The van der Waals surface area contributed by atoms with Crippen LogP contribution in [0.3, 0.4) is 0 Å². The van der Waals surface area contributed by atoms with Crippen LogP contribution in [0.4, 0.5) is 0 Å². The third-order valence-corrected chi connectivity index (χ3v) is 7.90. The number of hydrogen-bond acceptors (Lipinski definition) is 2. The average molecular weight is 256 g/mol. The number of carbonyl (C=O) groups is 1. The van der Waals surface area contributed by atoms with E-state index in [1.165, 1.54) is 0 Å². The fraction of sp³-hybridized carbons (Fsp3) is 0.786. The molecule has 3 heteroatoms. The van der Waals surface area contributed by atoms with Gasteiger partial charge < -0.3 is 4.43 Å². The summed E-state index contributed by atoms with van der Waals surface area (Å²) in [6, 6.07) is 0. The van der Waals surface area contributed by atoms with Gasteiger partial charge in [-0.25, -0.2) is 0 Å². The van der Waals surface area contributed by atoms with Crippen LogP contribution in [0, 0.1) is 5.41 Å². The molecule has 2 nitrogen and oxygen atoms in total. The minimum absolute atomic E-state index is 0.00593. The Hall–Kier alpha value is -0.413. The first-order valence-corrected chi connectivity index (χ1v) is 9.12. The highest BCUT2D eigenvalue weighted by atomic mass is 28.4. The molecular formula is C14H28O2Si. The van der Waals surface area contributed by atoms with Crippen molar-refractivity contribution in [2.24, 2.45) is 5.41 Å². The molecule has 0 bridgehead atoms. The van der Waals surface area contributed by atoms with E-state index >= 15 is 0 Å². The zero-order valence-electron chi connectivity index (χ0n) is 12.6. The quantitative estimate of drug-likeness (QED) is 0.428. The van der Waals surface area contributed by atoms with Crippen molar-refractivity contribution < 1.29 is 9.22 Å². The highest BCUT2D eigenvalue weighted by Gasteiger charge is 2.40. The second-order valence-electron chi connectivity index (χ2n) is 7.19. The van der Waals surface area contributed by atoms with Crippen molar-refractivity contribution in [2.75, 3.05) is 0 Å². The predicted octanol–water partition coefficient (Wildman–Crippen LogP) is 4.18. The van der Waals surface area contributed by atoms with Crippen LogP contribution in [0.25, 0.3) is 0 Å². The molecule has 1 atom stereocenters. The highest BCUT2D eigenvalue weighted by Crippen LogP contribution is 2.39. The maximum Gasteiger partial charge on any atom is 0.192 e. The predicted molar refractivity (Wildman–Crippen MR) is 76.7 cm³/mol. The number of rotatable bonds is 4. The molecule has 0 radical (unpaired) electrons. The van der Waals surface area contributed by atoms with Crippen molar-refractivity contribution in [3.63, 3.8) is 0 Å². The monoisotopic (exact) mass is 256 g/mol. The van der Waals surface area contributed by atoms with Gasteiger partial charge in [0.1, 0.15) is 6.29 Å². The van der Waals surface area contributed by atoms with E-state index in [1.807, 2.05) is 6.08 Å². The van der Waals surface area contributed by atoms with Gasteiger partial charge in [0.25, 0.3) is 0 Å². The van der Waals surface area contributed by atoms with Gasteiger partial charge in [-0.3, -0.25) is 4.79 Å². The van der Waals surface area contributed by atoms with Gasteiger partial charge in [0.05, 0.1) is 6.10 Å². The molecule has 0 aliphatic heterocycles. The topological polar surface area (TPSA) is 26.3 Å². The summed E-state index contributed by atoms with van der Waals surface area (Å²) < 4.78 is 6.36. The Kier molecular flexibility index (Phi) is 5.35. The largest absolute Gasteiger partial charge is 0.410 e. The van der Waals surface area contributed by atoms with E-state index in [-0.39, 0.29) is 16.6 Å². The van der Waals surface area contributed by atoms with Gasteiger partial charge in [-0.2, -0.15) is 0 Å². The molecule has 0 aromatic carbocycles. The average Bonchev–Trinajstić information content (AvgIpc) is 2.08. The summed E-state index contributed by atoms with van der Waals surface area (Å²) in [6.07, 6.45) is 4.23. The van der Waals surface area contributed by atoms with Crippen LogP contribution >= 0.6 is 0 Å². The molecule has 0 rings (SSSR count). The molecule has 17 heavy (non-hydrogen) atoms. The maximum atomic E-state index is 10.5. The first kappa shape index (κ1) is 16.6. The summed E-state index contributed by atoms with van der Waals surface area (Å²) in [6.45, 7) is 17.6. The number of carbonyl (C=O) groups excluding carboxylic acids is 1. The molecule has 0 unspecified atom stereocenters. The van der Waals surface area contributed by atoms with Crippen LogP contribution in [-0.2, 0) is 9.22 Å². The van der Waals surface area contributed by atoms with Crippen molar-refractivity contribution in [3.05, 3.63) is 12.2 Å². The van der Waals surface area contributed by atoms with Gasteiger partial charge in [0, 0.05) is 0 Å². The standard InChI is InChI=1S/C14H28O2Si/c1-13(2,3)12(10-9-11-15)16-17(7,8)14(4,5)6/h9-12H,1-8H3/b10-9+/t12-/m0/s1. The van der Waals surface area contributed by atoms with Crippen molar-refractivity contribution in [1.82, 2.24) is 0 Å². The minimum Gasteiger partial charge on any atom is -0.410 e. The summed E-state index contributed by atoms with van der Waals surface area (Å²) in [4.78, 5) is 10.5. The lowest BCUT2D eigenvalue weighted by Gasteiger charge is -2.42. The van der Waals surface area contributed by atoms with Crippen LogP contribution in [0.5, 0.6) is 0 Å². The zero-order valence-corrected chi connectivity index (χ0v) is 13.6. The van der Waals surface area contributed by atoms with Gasteiger partial charge in [-0.15, -0.1) is 0 Å². The lowest BCUT2D eigenvalue weighted by Crippen LogP contribution is -2.46. The lowest BCUT2D eigenvalue weighted by molar-refractivity contribution is -0.104. The molecule has 0 N–H and O–H groups in total. The Balaban J connectivity index is 5.01. The number of aldehydes is 1. The Morgan fingerprint density at radius 2 is 1.53 bits per heavy atom. The van der Waals surface area contributed by atoms with Gasteiger partial charge in [0.2, 0.25) is 0 Å². The van der Waals surface area contributed by atoms with Crippen molar-refractivity contribution in [3.8, 4) is 0 Å². The molecule has 0 amide bonds. The van der Waals surface area contributed by atoms with Gasteiger partial charge in [-0.1, -0.05) is 47.6 Å². The van der Waals surface area contributed by atoms with Crippen LogP contribution in [0.15, 0.2) is 12.2 Å². The number of allylic oxidation sites excluding steroid dienone is 1. The molecule has 0 saturated heterocycles. The molecule has 0 saturated carbocycles. The summed E-state index contributed by atoms with van der Waals surface area (Å²) in [7, 11) is -1.79. The zero-order chi connectivity index (χ0) is 13.9. The first-order valence-electron chi connectivity index (χ1n) is 6.21. The van der Waals surface area contributed by atoms with Gasteiger partial charge >= 0.3 is 0 Å². The second kappa shape index (κ2) is 5.49. The molecule has 0 heterocycles. The third kappa shape index (κ3) is 5.17. The summed E-state index contributed by atoms with van der Waals surface area (Å²) in [5.74, 6) is 0. The van der Waals surface area contributed by atoms with Crippen LogP contribution in [-0.4, -0.2) is 20.7 Å². The number of hydrogen-bond donors (Lipinski definition) is 0. The van der Waals surface area contributed by atoms with Crippen LogP contribution < -0.4 is 0 Å². The van der Waals surface area contributed by atoms with Crippen LogP contribution in [0.1, 0.15) is 41.5 Å². The molecule has 0 fully saturated rings. The fourth-order valence-electron chi connectivity index (χ4n) is 1.15. The van der Waals surface area contributed by atoms with Crippen LogP contribution in [0.2, 0.25) is 18.1 Å². The molecule has 0 aliphatic rings. The summed E-state index contributed by atoms with van der Waals surface area (Å²) in [5, 5.41) is 0.186. The Morgan fingerprint density at radius 3 is 1.82 bits per heavy atom. The Bertz CT molecular complexity index is 280. The SMILES string of the molecule is CC(C)(C)[C@H](/C=C/C=O)O[Si](C)(C)C(C)(C)C. The van der Waals surface area contributed by atoms with Crippen molar-refractivity contribution in [2.45, 2.75) is 65.8 Å². The van der Waals surface area contributed by atoms with Crippen molar-refractivity contribution in [1.29, 1.82) is 0 Å². The van der Waals surface area contributed by atoms with E-state index in [0.717, 1.165) is 6.29 Å². The van der Waals surface area contributed by atoms with E-state index in [2.05, 4.69) is 54.6 Å². The first-order chi connectivity index (χ1) is 7.42. The lowest BCUT2D eigenvalue weighted by atomic mass is 9.89. The van der Waals surface area contributed by atoms with E-state index in [0.29, 0.717) is 0 Å². The minimum atomic E-state index is -1.79. The summed E-state index contributed by atoms with van der Waals surface area (Å²) in [5.41, 5.74) is 0.00896. The third-order valence-electron chi connectivity index (χ3n) is 3.45. The summed E-state index contributed by atoms with van der Waals surface area (Å²) >= 11 is 0. The Morgan fingerprint density at radius 1 is 1.06 bits per heavy atom. The normalized spacial score (nSPS) is 16.2.